The Morgan fingerprint density at radius 1 is 1.23 bits per heavy atom. The molecular weight excluding hydrogens is 280 g/mol. The molecule has 0 aromatic carbocycles. The van der Waals surface area contributed by atoms with Gasteiger partial charge >= 0.3 is 0 Å². The molecule has 0 spiro atoms. The number of amides is 1. The van der Waals surface area contributed by atoms with Gasteiger partial charge in [-0.3, -0.25) is 4.79 Å². The molecule has 0 aliphatic carbocycles. The molecule has 118 valence electrons. The molecule has 2 aromatic rings. The molecular formula is C16H22N4O2. The van der Waals surface area contributed by atoms with Crippen LogP contribution in [0.2, 0.25) is 0 Å². The van der Waals surface area contributed by atoms with Gasteiger partial charge in [0.1, 0.15) is 5.76 Å². The lowest BCUT2D eigenvalue weighted by atomic mass is 10.2. The van der Waals surface area contributed by atoms with Gasteiger partial charge in [-0.25, -0.2) is 9.97 Å². The van der Waals surface area contributed by atoms with Gasteiger partial charge in [0.2, 0.25) is 5.95 Å². The van der Waals surface area contributed by atoms with Crippen LogP contribution in [0, 0.1) is 0 Å². The van der Waals surface area contributed by atoms with Crippen molar-refractivity contribution < 1.29 is 9.21 Å². The Morgan fingerprint density at radius 2 is 1.91 bits per heavy atom. The number of rotatable bonds is 8. The minimum atomic E-state index is -0.0127. The summed E-state index contributed by atoms with van der Waals surface area (Å²) in [5.41, 5.74) is 0.519. The van der Waals surface area contributed by atoms with Crippen LogP contribution in [0.3, 0.4) is 0 Å². The number of hydrogen-bond acceptors (Lipinski definition) is 5. The summed E-state index contributed by atoms with van der Waals surface area (Å²) in [5.74, 6) is 1.27. The maximum absolute atomic E-state index is 12.4. The summed E-state index contributed by atoms with van der Waals surface area (Å²) in [6.07, 6.45) is 6.64. The van der Waals surface area contributed by atoms with E-state index in [0.717, 1.165) is 31.7 Å². The highest BCUT2D eigenvalue weighted by Gasteiger charge is 2.15. The lowest BCUT2D eigenvalue weighted by Gasteiger charge is -2.21. The molecule has 0 aliphatic rings. The van der Waals surface area contributed by atoms with Crippen LogP contribution in [0.5, 0.6) is 0 Å². The first-order valence-corrected chi connectivity index (χ1v) is 7.62. The standard InChI is InChI=1S/C16H22N4O2/c1-3-7-20(8-4-2)15(21)13-10-17-16(18-11-13)19-12-14-6-5-9-22-14/h5-6,9-11H,3-4,7-8,12H2,1-2H3,(H,17,18,19). The lowest BCUT2D eigenvalue weighted by molar-refractivity contribution is 0.0754. The maximum atomic E-state index is 12.4. The molecule has 2 heterocycles. The Morgan fingerprint density at radius 3 is 2.45 bits per heavy atom. The summed E-state index contributed by atoms with van der Waals surface area (Å²) in [4.78, 5) is 22.6. The normalized spacial score (nSPS) is 10.5. The zero-order valence-electron chi connectivity index (χ0n) is 13.1. The Labute approximate surface area is 130 Å². The highest BCUT2D eigenvalue weighted by molar-refractivity contribution is 5.93. The third-order valence-electron chi connectivity index (χ3n) is 3.17. The predicted octanol–water partition coefficient (Wildman–Crippen LogP) is 2.94. The molecule has 6 heteroatoms. The molecule has 0 unspecified atom stereocenters. The van der Waals surface area contributed by atoms with Gasteiger partial charge < -0.3 is 14.6 Å². The first-order valence-electron chi connectivity index (χ1n) is 7.62. The molecule has 0 bridgehead atoms. The number of nitrogens with one attached hydrogen (secondary N) is 1. The first kappa shape index (κ1) is 16.0. The molecule has 0 saturated heterocycles. The molecule has 0 atom stereocenters. The summed E-state index contributed by atoms with van der Waals surface area (Å²) in [7, 11) is 0. The van der Waals surface area contributed by atoms with E-state index < -0.39 is 0 Å². The van der Waals surface area contributed by atoms with Crippen LogP contribution in [0.15, 0.2) is 35.2 Å². The van der Waals surface area contributed by atoms with E-state index >= 15 is 0 Å². The van der Waals surface area contributed by atoms with Crippen LogP contribution >= 0.6 is 0 Å². The van der Waals surface area contributed by atoms with Crippen molar-refractivity contribution in [2.75, 3.05) is 18.4 Å². The van der Waals surface area contributed by atoms with Gasteiger partial charge in [0.05, 0.1) is 18.4 Å². The van der Waals surface area contributed by atoms with Crippen molar-refractivity contribution in [3.8, 4) is 0 Å². The van der Waals surface area contributed by atoms with Gasteiger partial charge in [-0.05, 0) is 25.0 Å². The van der Waals surface area contributed by atoms with Crippen molar-refractivity contribution in [1.82, 2.24) is 14.9 Å². The number of carbonyl (C=O) groups is 1. The first-order chi connectivity index (χ1) is 10.7. The fraction of sp³-hybridized carbons (Fsp3) is 0.438. The lowest BCUT2D eigenvalue weighted by Crippen LogP contribution is -2.32. The molecule has 2 rings (SSSR count). The van der Waals surface area contributed by atoms with Crippen molar-refractivity contribution in [3.05, 3.63) is 42.1 Å². The van der Waals surface area contributed by atoms with E-state index in [9.17, 15) is 4.79 Å². The van der Waals surface area contributed by atoms with E-state index in [0.29, 0.717) is 18.1 Å². The summed E-state index contributed by atoms with van der Waals surface area (Å²) in [6, 6.07) is 3.70. The molecule has 0 saturated carbocycles. The van der Waals surface area contributed by atoms with E-state index in [-0.39, 0.29) is 5.91 Å². The summed E-state index contributed by atoms with van der Waals surface area (Å²) >= 11 is 0. The average Bonchev–Trinajstić information content (AvgIpc) is 3.06. The van der Waals surface area contributed by atoms with Crippen molar-refractivity contribution in [1.29, 1.82) is 0 Å². The summed E-state index contributed by atoms with van der Waals surface area (Å²) < 4.78 is 5.22. The second-order valence-electron chi connectivity index (χ2n) is 5.02. The van der Waals surface area contributed by atoms with Crippen LogP contribution in [-0.2, 0) is 6.54 Å². The molecule has 6 nitrogen and oxygen atoms in total. The molecule has 2 aromatic heterocycles. The van der Waals surface area contributed by atoms with Gasteiger partial charge in [0, 0.05) is 25.5 Å². The quantitative estimate of drug-likeness (QED) is 0.811. The Kier molecular flexibility index (Phi) is 5.94. The van der Waals surface area contributed by atoms with Crippen molar-refractivity contribution >= 4 is 11.9 Å². The van der Waals surface area contributed by atoms with E-state index in [1.807, 2.05) is 17.0 Å². The van der Waals surface area contributed by atoms with Gasteiger partial charge in [0.15, 0.2) is 0 Å². The SMILES string of the molecule is CCCN(CCC)C(=O)c1cnc(NCc2ccco2)nc1. The maximum Gasteiger partial charge on any atom is 0.256 e. The third-order valence-corrected chi connectivity index (χ3v) is 3.17. The minimum absolute atomic E-state index is 0.0127. The molecule has 1 amide bonds. The van der Waals surface area contributed by atoms with Crippen LogP contribution in [-0.4, -0.2) is 33.9 Å². The zero-order chi connectivity index (χ0) is 15.8. The van der Waals surface area contributed by atoms with Gasteiger partial charge in [-0.2, -0.15) is 0 Å². The smallest absolute Gasteiger partial charge is 0.256 e. The number of carbonyl (C=O) groups excluding carboxylic acids is 1. The van der Waals surface area contributed by atoms with Crippen molar-refractivity contribution in [2.45, 2.75) is 33.2 Å². The number of aromatic nitrogens is 2. The second kappa shape index (κ2) is 8.17. The topological polar surface area (TPSA) is 71.3 Å². The van der Waals surface area contributed by atoms with E-state index in [2.05, 4.69) is 29.1 Å². The van der Waals surface area contributed by atoms with E-state index in [4.69, 9.17) is 4.42 Å². The highest BCUT2D eigenvalue weighted by Crippen LogP contribution is 2.08. The molecule has 0 fully saturated rings. The number of hydrogen-bond donors (Lipinski definition) is 1. The number of furan rings is 1. The zero-order valence-corrected chi connectivity index (χ0v) is 13.1. The predicted molar refractivity (Wildman–Crippen MR) is 84.6 cm³/mol. The number of anilines is 1. The Bertz CT molecular complexity index is 560. The monoisotopic (exact) mass is 302 g/mol. The fourth-order valence-electron chi connectivity index (χ4n) is 2.15. The highest BCUT2D eigenvalue weighted by atomic mass is 16.3. The Hall–Kier alpha value is -2.37. The van der Waals surface area contributed by atoms with E-state index in [1.165, 1.54) is 0 Å². The third kappa shape index (κ3) is 4.31. The summed E-state index contributed by atoms with van der Waals surface area (Å²) in [6.45, 7) is 6.15. The molecule has 1 N–H and O–H groups in total. The van der Waals surface area contributed by atoms with Crippen molar-refractivity contribution in [2.24, 2.45) is 0 Å². The van der Waals surface area contributed by atoms with Gasteiger partial charge in [-0.1, -0.05) is 13.8 Å². The van der Waals surface area contributed by atoms with E-state index in [1.54, 1.807) is 18.7 Å². The number of nitrogens with zero attached hydrogens (tertiary/aromatic N) is 3. The average molecular weight is 302 g/mol. The molecule has 22 heavy (non-hydrogen) atoms. The summed E-state index contributed by atoms with van der Waals surface area (Å²) in [5, 5.41) is 3.05. The van der Waals surface area contributed by atoms with Gasteiger partial charge in [0.25, 0.3) is 5.91 Å². The van der Waals surface area contributed by atoms with Crippen LogP contribution in [0.4, 0.5) is 5.95 Å². The molecule has 0 aliphatic heterocycles. The fourth-order valence-corrected chi connectivity index (χ4v) is 2.15. The van der Waals surface area contributed by atoms with Gasteiger partial charge in [-0.15, -0.1) is 0 Å². The van der Waals surface area contributed by atoms with Crippen LogP contribution in [0.25, 0.3) is 0 Å². The van der Waals surface area contributed by atoms with Crippen LogP contribution < -0.4 is 5.32 Å². The van der Waals surface area contributed by atoms with Crippen molar-refractivity contribution in [3.63, 3.8) is 0 Å². The molecule has 0 radical (unpaired) electrons. The largest absolute Gasteiger partial charge is 0.467 e. The Balaban J connectivity index is 1.96. The second-order valence-corrected chi connectivity index (χ2v) is 5.02. The van der Waals surface area contributed by atoms with Crippen LogP contribution in [0.1, 0.15) is 42.8 Å². The minimum Gasteiger partial charge on any atom is -0.467 e.